The van der Waals surface area contributed by atoms with Gasteiger partial charge >= 0.3 is 0 Å². The normalized spacial score (nSPS) is 19.8. The summed E-state index contributed by atoms with van der Waals surface area (Å²) in [7, 11) is 0. The predicted octanol–water partition coefficient (Wildman–Crippen LogP) is 3.43. The van der Waals surface area contributed by atoms with Crippen LogP contribution in [0.3, 0.4) is 0 Å². The number of piperidine rings is 2. The summed E-state index contributed by atoms with van der Waals surface area (Å²) in [5.74, 6) is 0.944. The monoisotopic (exact) mass is 392 g/mol. The molecule has 0 bridgehead atoms. The van der Waals surface area contributed by atoms with E-state index in [2.05, 4.69) is 9.97 Å². The molecule has 0 N–H and O–H groups in total. The standard InChI is InChI=1S/C23H28N4O2/c1-17-20(23(29)26-12-6-3-7-13-26)15-24-21(25-17)19-11-8-14-27(16-19)22(28)18-9-4-2-5-10-18/h2,4-5,9-10,15,19H,3,6-8,11-14,16H2,1H3/t19-/m0/s1. The lowest BCUT2D eigenvalue weighted by Crippen LogP contribution is -2.39. The lowest BCUT2D eigenvalue weighted by atomic mass is 9.96. The maximum Gasteiger partial charge on any atom is 0.257 e. The molecule has 3 heterocycles. The van der Waals surface area contributed by atoms with Crippen LogP contribution in [0, 0.1) is 6.92 Å². The number of carbonyl (C=O) groups excluding carboxylic acids is 2. The van der Waals surface area contributed by atoms with Crippen molar-refractivity contribution in [1.29, 1.82) is 0 Å². The molecule has 0 aliphatic carbocycles. The zero-order valence-corrected chi connectivity index (χ0v) is 17.0. The maximum absolute atomic E-state index is 12.8. The van der Waals surface area contributed by atoms with Crippen molar-refractivity contribution >= 4 is 11.8 Å². The minimum absolute atomic E-state index is 0.0401. The second kappa shape index (κ2) is 8.72. The van der Waals surface area contributed by atoms with Crippen molar-refractivity contribution in [3.05, 3.63) is 59.2 Å². The molecule has 2 aliphatic heterocycles. The third kappa shape index (κ3) is 4.31. The Labute approximate surface area is 172 Å². The summed E-state index contributed by atoms with van der Waals surface area (Å²) in [5.41, 5.74) is 2.05. The summed E-state index contributed by atoms with van der Waals surface area (Å²) in [4.78, 5) is 38.6. The fourth-order valence-electron chi connectivity index (χ4n) is 4.29. The number of likely N-dealkylation sites (tertiary alicyclic amines) is 2. The van der Waals surface area contributed by atoms with Gasteiger partial charge in [-0.25, -0.2) is 9.97 Å². The third-order valence-electron chi connectivity index (χ3n) is 5.97. The molecule has 0 saturated carbocycles. The van der Waals surface area contributed by atoms with E-state index in [1.165, 1.54) is 6.42 Å². The van der Waals surface area contributed by atoms with Crippen molar-refractivity contribution in [2.24, 2.45) is 0 Å². The van der Waals surface area contributed by atoms with E-state index in [1.807, 2.05) is 47.1 Å². The second-order valence-electron chi connectivity index (χ2n) is 8.04. The molecular weight excluding hydrogens is 364 g/mol. The lowest BCUT2D eigenvalue weighted by Gasteiger charge is -2.32. The lowest BCUT2D eigenvalue weighted by molar-refractivity contribution is 0.0704. The quantitative estimate of drug-likeness (QED) is 0.803. The average molecular weight is 393 g/mol. The van der Waals surface area contributed by atoms with Crippen LogP contribution in [0.1, 0.15) is 70.3 Å². The number of rotatable bonds is 3. The minimum atomic E-state index is 0.0401. The highest BCUT2D eigenvalue weighted by atomic mass is 16.2. The summed E-state index contributed by atoms with van der Waals surface area (Å²) in [5, 5.41) is 0. The number of hydrogen-bond donors (Lipinski definition) is 0. The van der Waals surface area contributed by atoms with Gasteiger partial charge in [0.1, 0.15) is 5.82 Å². The number of carbonyl (C=O) groups is 2. The molecule has 1 aromatic heterocycles. The number of amides is 2. The highest BCUT2D eigenvalue weighted by molar-refractivity contribution is 5.95. The predicted molar refractivity (Wildman–Crippen MR) is 111 cm³/mol. The Kier molecular flexibility index (Phi) is 5.88. The van der Waals surface area contributed by atoms with Gasteiger partial charge in [0.05, 0.1) is 11.3 Å². The second-order valence-corrected chi connectivity index (χ2v) is 8.04. The van der Waals surface area contributed by atoms with E-state index in [-0.39, 0.29) is 17.7 Å². The van der Waals surface area contributed by atoms with E-state index in [9.17, 15) is 9.59 Å². The van der Waals surface area contributed by atoms with Crippen LogP contribution in [-0.2, 0) is 0 Å². The van der Waals surface area contributed by atoms with Crippen LogP contribution < -0.4 is 0 Å². The van der Waals surface area contributed by atoms with Crippen molar-refractivity contribution in [2.75, 3.05) is 26.2 Å². The van der Waals surface area contributed by atoms with E-state index in [1.54, 1.807) is 6.20 Å². The first-order chi connectivity index (χ1) is 14.1. The fraction of sp³-hybridized carbons (Fsp3) is 0.478. The van der Waals surface area contributed by atoms with Gasteiger partial charge in [0.25, 0.3) is 11.8 Å². The molecule has 2 aliphatic rings. The molecular formula is C23H28N4O2. The van der Waals surface area contributed by atoms with E-state index in [4.69, 9.17) is 0 Å². The van der Waals surface area contributed by atoms with E-state index in [0.29, 0.717) is 17.7 Å². The van der Waals surface area contributed by atoms with Gasteiger partial charge in [-0.2, -0.15) is 0 Å². The van der Waals surface area contributed by atoms with Crippen molar-refractivity contribution in [2.45, 2.75) is 44.9 Å². The summed E-state index contributed by atoms with van der Waals surface area (Å²) in [6.45, 7) is 4.90. The molecule has 1 atom stereocenters. The smallest absolute Gasteiger partial charge is 0.257 e. The van der Waals surface area contributed by atoms with Crippen molar-refractivity contribution in [3.63, 3.8) is 0 Å². The summed E-state index contributed by atoms with van der Waals surface area (Å²) >= 11 is 0. The Hall–Kier alpha value is -2.76. The number of aryl methyl sites for hydroxylation is 1. The average Bonchev–Trinajstić information content (AvgIpc) is 2.79. The van der Waals surface area contributed by atoms with Crippen LogP contribution in [0.5, 0.6) is 0 Å². The Balaban J connectivity index is 1.47. The number of hydrogen-bond acceptors (Lipinski definition) is 4. The maximum atomic E-state index is 12.8. The van der Waals surface area contributed by atoms with Gasteiger partial charge in [-0.3, -0.25) is 9.59 Å². The molecule has 0 radical (unpaired) electrons. The number of nitrogens with zero attached hydrogens (tertiary/aromatic N) is 4. The van der Waals surface area contributed by atoms with Gasteiger partial charge in [0, 0.05) is 43.9 Å². The molecule has 0 unspecified atom stereocenters. The van der Waals surface area contributed by atoms with Gasteiger partial charge in [0.15, 0.2) is 0 Å². The van der Waals surface area contributed by atoms with E-state index >= 15 is 0 Å². The van der Waals surface area contributed by atoms with Crippen LogP contribution in [0.15, 0.2) is 36.5 Å². The van der Waals surface area contributed by atoms with Crippen LogP contribution >= 0.6 is 0 Å². The van der Waals surface area contributed by atoms with Crippen LogP contribution in [0.4, 0.5) is 0 Å². The molecule has 2 saturated heterocycles. The summed E-state index contributed by atoms with van der Waals surface area (Å²) in [6, 6.07) is 9.40. The molecule has 2 fully saturated rings. The molecule has 6 heteroatoms. The van der Waals surface area contributed by atoms with E-state index < -0.39 is 0 Å². The minimum Gasteiger partial charge on any atom is -0.339 e. The first-order valence-corrected chi connectivity index (χ1v) is 10.6. The van der Waals surface area contributed by atoms with Gasteiger partial charge in [-0.1, -0.05) is 18.2 Å². The zero-order valence-electron chi connectivity index (χ0n) is 17.0. The number of aromatic nitrogens is 2. The SMILES string of the molecule is Cc1nc([C@H]2CCCN(C(=O)c3ccccc3)C2)ncc1C(=O)N1CCCCC1. The van der Waals surface area contributed by atoms with E-state index in [0.717, 1.165) is 56.8 Å². The molecule has 2 amide bonds. The Bertz CT molecular complexity index is 878. The van der Waals surface area contributed by atoms with Gasteiger partial charge in [0.2, 0.25) is 0 Å². The first kappa shape index (κ1) is 19.6. The third-order valence-corrected chi connectivity index (χ3v) is 5.97. The van der Waals surface area contributed by atoms with Gasteiger partial charge in [-0.05, 0) is 51.2 Å². The first-order valence-electron chi connectivity index (χ1n) is 10.6. The molecule has 29 heavy (non-hydrogen) atoms. The highest BCUT2D eigenvalue weighted by Gasteiger charge is 2.28. The van der Waals surface area contributed by atoms with Gasteiger partial charge < -0.3 is 9.80 Å². The Morgan fingerprint density at radius 2 is 1.66 bits per heavy atom. The topological polar surface area (TPSA) is 66.4 Å². The largest absolute Gasteiger partial charge is 0.339 e. The van der Waals surface area contributed by atoms with Crippen LogP contribution in [-0.4, -0.2) is 57.8 Å². The Morgan fingerprint density at radius 3 is 2.38 bits per heavy atom. The molecule has 1 aromatic carbocycles. The molecule has 2 aromatic rings. The number of benzene rings is 1. The Morgan fingerprint density at radius 1 is 0.931 bits per heavy atom. The fourth-order valence-corrected chi connectivity index (χ4v) is 4.29. The van der Waals surface area contributed by atoms with Crippen LogP contribution in [0.2, 0.25) is 0 Å². The summed E-state index contributed by atoms with van der Waals surface area (Å²) < 4.78 is 0. The molecule has 0 spiro atoms. The zero-order chi connectivity index (χ0) is 20.2. The van der Waals surface area contributed by atoms with Crippen molar-refractivity contribution < 1.29 is 9.59 Å². The molecule has 152 valence electrons. The van der Waals surface area contributed by atoms with Crippen molar-refractivity contribution in [3.8, 4) is 0 Å². The van der Waals surface area contributed by atoms with Crippen LogP contribution in [0.25, 0.3) is 0 Å². The molecule has 4 rings (SSSR count). The summed E-state index contributed by atoms with van der Waals surface area (Å²) in [6.07, 6.45) is 6.90. The van der Waals surface area contributed by atoms with Gasteiger partial charge in [-0.15, -0.1) is 0 Å². The molecule has 6 nitrogen and oxygen atoms in total. The highest BCUT2D eigenvalue weighted by Crippen LogP contribution is 2.26. The van der Waals surface area contributed by atoms with Crippen molar-refractivity contribution in [1.82, 2.24) is 19.8 Å².